The van der Waals surface area contributed by atoms with Gasteiger partial charge in [-0.3, -0.25) is 0 Å². The molecule has 2 N–H and O–H groups in total. The van der Waals surface area contributed by atoms with E-state index in [0.29, 0.717) is 13.0 Å². The van der Waals surface area contributed by atoms with Crippen molar-refractivity contribution in [3.63, 3.8) is 0 Å². The molecule has 0 rings (SSSR count). The lowest BCUT2D eigenvalue weighted by Crippen LogP contribution is -2.36. The molecule has 0 fully saturated rings. The van der Waals surface area contributed by atoms with E-state index in [-0.39, 0.29) is 18.4 Å². The minimum Gasteiger partial charge on any atom is -0.392 e. The summed E-state index contributed by atoms with van der Waals surface area (Å²) in [5, 5.41) is 12.5. The molecule has 0 saturated heterocycles. The van der Waals surface area contributed by atoms with Crippen molar-refractivity contribution in [2.75, 3.05) is 6.54 Å². The molecule has 0 aromatic rings. The Bertz CT molecular complexity index is 183. The third-order valence-corrected chi connectivity index (χ3v) is 2.54. The minimum absolute atomic E-state index is 0.00995. The number of aliphatic hydroxyl groups excluding tert-OH is 1. The number of alkyl halides is 3. The summed E-state index contributed by atoms with van der Waals surface area (Å²) in [6.45, 7) is 6.08. The molecule has 2 nitrogen and oxygen atoms in total. The third kappa shape index (κ3) is 8.97. The molecule has 0 bridgehead atoms. The first-order valence-electron chi connectivity index (χ1n) is 5.70. The van der Waals surface area contributed by atoms with Crippen LogP contribution in [0.1, 0.15) is 40.0 Å². The van der Waals surface area contributed by atoms with Crippen LogP contribution in [0.4, 0.5) is 13.2 Å². The van der Waals surface area contributed by atoms with E-state index in [1.54, 1.807) is 0 Å². The van der Waals surface area contributed by atoms with Crippen LogP contribution >= 0.6 is 0 Å². The van der Waals surface area contributed by atoms with Gasteiger partial charge in [-0.25, -0.2) is 0 Å². The van der Waals surface area contributed by atoms with Gasteiger partial charge in [-0.2, -0.15) is 13.2 Å². The molecule has 98 valence electrons. The molecule has 0 radical (unpaired) electrons. The second-order valence-corrected chi connectivity index (χ2v) is 4.63. The molecule has 0 aliphatic rings. The van der Waals surface area contributed by atoms with Crippen molar-refractivity contribution in [3.8, 4) is 0 Å². The van der Waals surface area contributed by atoms with Crippen LogP contribution in [0.25, 0.3) is 0 Å². The first-order valence-corrected chi connectivity index (χ1v) is 5.70. The van der Waals surface area contributed by atoms with E-state index in [2.05, 4.69) is 5.32 Å². The van der Waals surface area contributed by atoms with Gasteiger partial charge < -0.3 is 10.4 Å². The Kier molecular flexibility index (Phi) is 6.99. The summed E-state index contributed by atoms with van der Waals surface area (Å²) in [4.78, 5) is 0. The Morgan fingerprint density at radius 2 is 1.75 bits per heavy atom. The molecule has 0 saturated carbocycles. The van der Waals surface area contributed by atoms with E-state index < -0.39 is 18.7 Å². The van der Waals surface area contributed by atoms with Gasteiger partial charge >= 0.3 is 6.18 Å². The maximum Gasteiger partial charge on any atom is 0.389 e. The van der Waals surface area contributed by atoms with Gasteiger partial charge in [-0.1, -0.05) is 13.8 Å². The highest BCUT2D eigenvalue weighted by molar-refractivity contribution is 4.68. The monoisotopic (exact) mass is 241 g/mol. The third-order valence-electron chi connectivity index (χ3n) is 2.54. The number of halogens is 3. The Morgan fingerprint density at radius 1 is 1.19 bits per heavy atom. The summed E-state index contributed by atoms with van der Waals surface area (Å²) in [7, 11) is 0. The van der Waals surface area contributed by atoms with Crippen LogP contribution in [0.2, 0.25) is 0 Å². The Morgan fingerprint density at radius 3 is 2.19 bits per heavy atom. The lowest BCUT2D eigenvalue weighted by molar-refractivity contribution is -0.135. The highest BCUT2D eigenvalue weighted by atomic mass is 19.4. The van der Waals surface area contributed by atoms with Crippen LogP contribution < -0.4 is 5.32 Å². The zero-order chi connectivity index (χ0) is 12.8. The zero-order valence-corrected chi connectivity index (χ0v) is 10.1. The number of rotatable bonds is 7. The predicted octanol–water partition coefficient (Wildman–Crippen LogP) is 2.71. The highest BCUT2D eigenvalue weighted by Gasteiger charge is 2.26. The van der Waals surface area contributed by atoms with Crippen molar-refractivity contribution in [1.82, 2.24) is 5.32 Å². The first-order chi connectivity index (χ1) is 7.22. The van der Waals surface area contributed by atoms with Crippen LogP contribution in [-0.4, -0.2) is 30.0 Å². The summed E-state index contributed by atoms with van der Waals surface area (Å²) in [5.41, 5.74) is 0. The summed E-state index contributed by atoms with van der Waals surface area (Å²) in [5.74, 6) is 0.162. The second-order valence-electron chi connectivity index (χ2n) is 4.63. The van der Waals surface area contributed by atoms with Crippen molar-refractivity contribution in [1.29, 1.82) is 0 Å². The van der Waals surface area contributed by atoms with Crippen LogP contribution in [0.15, 0.2) is 0 Å². The van der Waals surface area contributed by atoms with Gasteiger partial charge in [0, 0.05) is 19.0 Å². The SMILES string of the molecule is CC(CCCC(F)(F)F)NCC(O)C(C)C. The van der Waals surface area contributed by atoms with Crippen molar-refractivity contribution in [2.24, 2.45) is 5.92 Å². The number of aliphatic hydroxyl groups is 1. The molecule has 0 aromatic heterocycles. The summed E-state index contributed by atoms with van der Waals surface area (Å²) in [6.07, 6.45) is -4.62. The summed E-state index contributed by atoms with van der Waals surface area (Å²) in [6, 6.07) is 0.00995. The molecule has 0 amide bonds. The van der Waals surface area contributed by atoms with E-state index in [1.165, 1.54) is 0 Å². The predicted molar refractivity (Wildman–Crippen MR) is 58.2 cm³/mol. The molecular formula is C11H22F3NO. The van der Waals surface area contributed by atoms with Gasteiger partial charge in [0.2, 0.25) is 0 Å². The fraction of sp³-hybridized carbons (Fsp3) is 1.00. The van der Waals surface area contributed by atoms with E-state index in [1.807, 2.05) is 20.8 Å². The average Bonchev–Trinajstić information content (AvgIpc) is 2.11. The largest absolute Gasteiger partial charge is 0.392 e. The van der Waals surface area contributed by atoms with E-state index in [9.17, 15) is 18.3 Å². The standard InChI is InChI=1S/C11H22F3NO/c1-8(2)10(16)7-15-9(3)5-4-6-11(12,13)14/h8-10,15-16H,4-7H2,1-3H3. The number of hydrogen-bond donors (Lipinski definition) is 2. The molecule has 0 aliphatic heterocycles. The summed E-state index contributed by atoms with van der Waals surface area (Å²) < 4.78 is 35.6. The van der Waals surface area contributed by atoms with Gasteiger partial charge in [0.05, 0.1) is 6.10 Å². The van der Waals surface area contributed by atoms with Crippen LogP contribution in [0.3, 0.4) is 0 Å². The fourth-order valence-corrected chi connectivity index (χ4v) is 1.27. The minimum atomic E-state index is -4.06. The van der Waals surface area contributed by atoms with Crippen LogP contribution in [0, 0.1) is 5.92 Å². The maximum atomic E-state index is 11.9. The second kappa shape index (κ2) is 7.12. The number of hydrogen-bond acceptors (Lipinski definition) is 2. The Balaban J connectivity index is 3.56. The summed E-state index contributed by atoms with van der Waals surface area (Å²) >= 11 is 0. The van der Waals surface area contributed by atoms with Crippen molar-refractivity contribution in [2.45, 2.75) is 58.4 Å². The van der Waals surface area contributed by atoms with Gasteiger partial charge in [0.1, 0.15) is 0 Å². The molecular weight excluding hydrogens is 219 g/mol. The lowest BCUT2D eigenvalue weighted by Gasteiger charge is -2.19. The lowest BCUT2D eigenvalue weighted by atomic mass is 10.1. The first kappa shape index (κ1) is 15.7. The molecule has 0 spiro atoms. The highest BCUT2D eigenvalue weighted by Crippen LogP contribution is 2.22. The molecule has 0 aromatic carbocycles. The number of nitrogens with one attached hydrogen (secondary N) is 1. The van der Waals surface area contributed by atoms with E-state index in [4.69, 9.17) is 0 Å². The zero-order valence-electron chi connectivity index (χ0n) is 10.1. The van der Waals surface area contributed by atoms with Crippen LogP contribution in [0.5, 0.6) is 0 Å². The van der Waals surface area contributed by atoms with Crippen molar-refractivity contribution in [3.05, 3.63) is 0 Å². The molecule has 0 heterocycles. The smallest absolute Gasteiger partial charge is 0.389 e. The van der Waals surface area contributed by atoms with Gasteiger partial charge in [0.25, 0.3) is 0 Å². The van der Waals surface area contributed by atoms with Crippen molar-refractivity contribution >= 4 is 0 Å². The quantitative estimate of drug-likeness (QED) is 0.718. The topological polar surface area (TPSA) is 32.3 Å². The Hall–Kier alpha value is -0.290. The van der Waals surface area contributed by atoms with Gasteiger partial charge in [-0.15, -0.1) is 0 Å². The van der Waals surface area contributed by atoms with Gasteiger partial charge in [0.15, 0.2) is 0 Å². The fourth-order valence-electron chi connectivity index (χ4n) is 1.27. The van der Waals surface area contributed by atoms with E-state index in [0.717, 1.165) is 0 Å². The maximum absolute atomic E-state index is 11.9. The van der Waals surface area contributed by atoms with Crippen molar-refractivity contribution < 1.29 is 18.3 Å². The van der Waals surface area contributed by atoms with Crippen LogP contribution in [-0.2, 0) is 0 Å². The molecule has 2 unspecified atom stereocenters. The average molecular weight is 241 g/mol. The van der Waals surface area contributed by atoms with E-state index >= 15 is 0 Å². The Labute approximate surface area is 95.2 Å². The normalized spacial score (nSPS) is 16.5. The molecule has 5 heteroatoms. The van der Waals surface area contributed by atoms with Gasteiger partial charge in [-0.05, 0) is 25.7 Å². The molecule has 16 heavy (non-hydrogen) atoms. The molecule has 2 atom stereocenters. The molecule has 0 aliphatic carbocycles.